The van der Waals surface area contributed by atoms with Gasteiger partial charge in [0.15, 0.2) is 0 Å². The Bertz CT molecular complexity index is 573. The summed E-state index contributed by atoms with van der Waals surface area (Å²) < 4.78 is 5.93. The highest BCUT2D eigenvalue weighted by Gasteiger charge is 2.30. The van der Waals surface area contributed by atoms with Crippen LogP contribution in [0.25, 0.3) is 0 Å². The second-order valence-electron chi connectivity index (χ2n) is 6.34. The van der Waals surface area contributed by atoms with Gasteiger partial charge in [0.05, 0.1) is 13.2 Å². The van der Waals surface area contributed by atoms with Gasteiger partial charge in [0.1, 0.15) is 6.04 Å². The van der Waals surface area contributed by atoms with E-state index in [1.807, 2.05) is 24.3 Å². The Labute approximate surface area is 156 Å². The third kappa shape index (κ3) is 5.44. The predicted octanol–water partition coefficient (Wildman–Crippen LogP) is 2.40. The lowest BCUT2D eigenvalue weighted by Crippen LogP contribution is -2.52. The first-order chi connectivity index (χ1) is 11.5. The van der Waals surface area contributed by atoms with Crippen molar-refractivity contribution in [1.82, 2.24) is 5.32 Å². The van der Waals surface area contributed by atoms with Crippen molar-refractivity contribution in [3.63, 3.8) is 0 Å². The summed E-state index contributed by atoms with van der Waals surface area (Å²) in [6.45, 7) is 0. The first-order valence-corrected chi connectivity index (χ1v) is 9.47. The minimum atomic E-state index is -0.713. The molecule has 2 atom stereocenters. The molecule has 2 unspecified atom stereocenters. The molecule has 1 aromatic carbocycles. The first kappa shape index (κ1) is 19.2. The van der Waals surface area contributed by atoms with Crippen molar-refractivity contribution in [2.75, 3.05) is 7.11 Å². The molecule has 0 heterocycles. The van der Waals surface area contributed by atoms with Crippen LogP contribution in [-0.2, 0) is 20.7 Å². The number of nitrogens with one attached hydrogen (secondary N) is 1. The van der Waals surface area contributed by atoms with Gasteiger partial charge in [0, 0.05) is 9.99 Å². The number of carbonyl (C=O) groups excluding carboxylic acids is 2. The number of ether oxygens (including phenoxy) is 1. The first-order valence-electron chi connectivity index (χ1n) is 8.39. The highest BCUT2D eigenvalue weighted by Crippen LogP contribution is 2.25. The zero-order valence-corrected chi connectivity index (χ0v) is 16.1. The fraction of sp³-hybridized carbons (Fsp3) is 0.556. The fourth-order valence-electron chi connectivity index (χ4n) is 3.21. The van der Waals surface area contributed by atoms with Crippen molar-refractivity contribution in [3.8, 4) is 0 Å². The van der Waals surface area contributed by atoms with Gasteiger partial charge in [-0.05, 0) is 59.0 Å². The summed E-state index contributed by atoms with van der Waals surface area (Å²) in [5, 5.41) is 2.79. The Kier molecular flexibility index (Phi) is 7.48. The maximum absolute atomic E-state index is 12.5. The molecule has 0 radical (unpaired) electrons. The summed E-state index contributed by atoms with van der Waals surface area (Å²) in [5.74, 6) is -0.504. The number of amides is 1. The molecule has 3 N–H and O–H groups in total. The largest absolute Gasteiger partial charge is 0.467 e. The number of rotatable bonds is 6. The summed E-state index contributed by atoms with van der Waals surface area (Å²) in [5.41, 5.74) is 7.11. The Hall–Kier alpha value is -1.15. The average molecular weight is 444 g/mol. The van der Waals surface area contributed by atoms with Crippen LogP contribution in [0.1, 0.15) is 37.7 Å². The van der Waals surface area contributed by atoms with Crippen LogP contribution in [0, 0.1) is 9.49 Å². The van der Waals surface area contributed by atoms with Gasteiger partial charge in [-0.3, -0.25) is 4.79 Å². The Morgan fingerprint density at radius 3 is 2.67 bits per heavy atom. The lowest BCUT2D eigenvalue weighted by molar-refractivity contribution is -0.145. The monoisotopic (exact) mass is 444 g/mol. The number of nitrogens with two attached hydrogens (primary N) is 1. The van der Waals surface area contributed by atoms with E-state index in [4.69, 9.17) is 10.5 Å². The molecule has 0 aromatic heterocycles. The zero-order chi connectivity index (χ0) is 17.5. The maximum atomic E-state index is 12.5. The minimum absolute atomic E-state index is 0.203. The van der Waals surface area contributed by atoms with Crippen molar-refractivity contribution in [2.24, 2.45) is 11.7 Å². The van der Waals surface area contributed by atoms with E-state index in [0.29, 0.717) is 6.42 Å². The average Bonchev–Trinajstić information content (AvgIpc) is 2.60. The third-order valence-electron chi connectivity index (χ3n) is 4.59. The van der Waals surface area contributed by atoms with Gasteiger partial charge >= 0.3 is 5.97 Å². The molecule has 1 aliphatic carbocycles. The Balaban J connectivity index is 2.02. The van der Waals surface area contributed by atoms with Gasteiger partial charge in [-0.25, -0.2) is 4.79 Å². The van der Waals surface area contributed by atoms with Crippen LogP contribution in [0.15, 0.2) is 24.3 Å². The third-order valence-corrected chi connectivity index (χ3v) is 5.26. The van der Waals surface area contributed by atoms with Crippen LogP contribution in [-0.4, -0.2) is 31.1 Å². The number of benzene rings is 1. The molecule has 0 saturated heterocycles. The fourth-order valence-corrected chi connectivity index (χ4v) is 3.82. The molecule has 1 aliphatic rings. The van der Waals surface area contributed by atoms with E-state index in [1.54, 1.807) is 0 Å². The molecule has 6 heteroatoms. The number of hydrogen-bond donors (Lipinski definition) is 2. The number of hydrogen-bond acceptors (Lipinski definition) is 4. The molecule has 1 aromatic rings. The molecular weight excluding hydrogens is 419 g/mol. The van der Waals surface area contributed by atoms with E-state index < -0.39 is 18.1 Å². The highest BCUT2D eigenvalue weighted by atomic mass is 127. The van der Waals surface area contributed by atoms with Gasteiger partial charge in [-0.2, -0.15) is 0 Å². The van der Waals surface area contributed by atoms with Gasteiger partial charge in [0.2, 0.25) is 5.91 Å². The van der Waals surface area contributed by atoms with Crippen molar-refractivity contribution >= 4 is 34.5 Å². The molecule has 1 saturated carbocycles. The van der Waals surface area contributed by atoms with Gasteiger partial charge in [-0.1, -0.05) is 31.4 Å². The van der Waals surface area contributed by atoms with Crippen LogP contribution in [0.3, 0.4) is 0 Å². The summed E-state index contributed by atoms with van der Waals surface area (Å²) in [6.07, 6.45) is 5.81. The lowest BCUT2D eigenvalue weighted by Gasteiger charge is -2.28. The summed E-state index contributed by atoms with van der Waals surface area (Å²) in [7, 11) is 1.33. The molecule has 1 amide bonds. The molecule has 2 rings (SSSR count). The predicted molar refractivity (Wildman–Crippen MR) is 101 cm³/mol. The maximum Gasteiger partial charge on any atom is 0.328 e. The number of carbonyl (C=O) groups is 2. The number of esters is 1. The molecule has 0 aliphatic heterocycles. The van der Waals surface area contributed by atoms with E-state index >= 15 is 0 Å². The molecule has 0 bridgehead atoms. The molecule has 5 nitrogen and oxygen atoms in total. The van der Waals surface area contributed by atoms with Crippen LogP contribution >= 0.6 is 22.6 Å². The second kappa shape index (κ2) is 9.36. The second-order valence-corrected chi connectivity index (χ2v) is 7.59. The van der Waals surface area contributed by atoms with Crippen molar-refractivity contribution in [1.29, 1.82) is 0 Å². The molecular formula is C18H25IN2O3. The highest BCUT2D eigenvalue weighted by molar-refractivity contribution is 14.1. The normalized spacial score (nSPS) is 17.8. The Morgan fingerprint density at radius 2 is 2.04 bits per heavy atom. The summed E-state index contributed by atoms with van der Waals surface area (Å²) in [4.78, 5) is 24.5. The molecule has 24 heavy (non-hydrogen) atoms. The van der Waals surface area contributed by atoms with Crippen molar-refractivity contribution in [3.05, 3.63) is 33.4 Å². The van der Waals surface area contributed by atoms with E-state index in [2.05, 4.69) is 27.9 Å². The van der Waals surface area contributed by atoms with Crippen LogP contribution in [0.5, 0.6) is 0 Å². The zero-order valence-electron chi connectivity index (χ0n) is 14.0. The molecule has 1 fully saturated rings. The van der Waals surface area contributed by atoms with Gasteiger partial charge in [0.25, 0.3) is 0 Å². The quantitative estimate of drug-likeness (QED) is 0.522. The van der Waals surface area contributed by atoms with E-state index in [-0.39, 0.29) is 11.8 Å². The Morgan fingerprint density at radius 1 is 1.33 bits per heavy atom. The summed E-state index contributed by atoms with van der Waals surface area (Å²) >= 11 is 2.22. The SMILES string of the molecule is COC(=O)C(Cc1cccc(I)c1)NC(=O)C(N)C1CCCCC1. The van der Waals surface area contributed by atoms with Crippen molar-refractivity contribution in [2.45, 2.75) is 50.6 Å². The standard InChI is InChI=1S/C18H25IN2O3/c1-24-18(23)15(11-12-6-5-9-14(19)10-12)21-17(22)16(20)13-7-3-2-4-8-13/h5-6,9-10,13,15-16H,2-4,7-8,11,20H2,1H3,(H,21,22). The number of halogens is 1. The summed E-state index contributed by atoms with van der Waals surface area (Å²) in [6, 6.07) is 6.56. The number of methoxy groups -OCH3 is 1. The van der Waals surface area contributed by atoms with Crippen LogP contribution < -0.4 is 11.1 Å². The minimum Gasteiger partial charge on any atom is -0.467 e. The lowest BCUT2D eigenvalue weighted by atomic mass is 9.84. The van der Waals surface area contributed by atoms with E-state index in [1.165, 1.54) is 13.5 Å². The topological polar surface area (TPSA) is 81.4 Å². The van der Waals surface area contributed by atoms with Crippen molar-refractivity contribution < 1.29 is 14.3 Å². The molecule has 132 valence electrons. The smallest absolute Gasteiger partial charge is 0.328 e. The van der Waals surface area contributed by atoms with Crippen LogP contribution in [0.2, 0.25) is 0 Å². The molecule has 0 spiro atoms. The van der Waals surface area contributed by atoms with Gasteiger partial charge in [-0.15, -0.1) is 0 Å². The van der Waals surface area contributed by atoms with E-state index in [9.17, 15) is 9.59 Å². The van der Waals surface area contributed by atoms with Crippen LogP contribution in [0.4, 0.5) is 0 Å². The van der Waals surface area contributed by atoms with Gasteiger partial charge < -0.3 is 15.8 Å². The van der Waals surface area contributed by atoms with E-state index in [0.717, 1.165) is 34.8 Å².